The molecule has 1 aromatic heterocycles. The third kappa shape index (κ3) is 5.16. The molecule has 27 heavy (non-hydrogen) atoms. The summed E-state index contributed by atoms with van der Waals surface area (Å²) in [4.78, 5) is 38.8. The number of nitrogens with two attached hydrogens (primary N) is 1. The first-order valence-electron chi connectivity index (χ1n) is 8.15. The van der Waals surface area contributed by atoms with Crippen molar-refractivity contribution in [3.63, 3.8) is 0 Å². The van der Waals surface area contributed by atoms with Gasteiger partial charge in [-0.05, 0) is 6.42 Å². The number of ketones is 1. The number of benzene rings is 1. The average Bonchev–Trinajstić information content (AvgIpc) is 3.14. The van der Waals surface area contributed by atoms with Crippen molar-refractivity contribution in [2.75, 3.05) is 0 Å². The number of carbonyl (C=O) groups is 3. The Morgan fingerprint density at radius 3 is 2.52 bits per heavy atom. The topological polar surface area (TPSA) is 128 Å². The third-order valence-corrected chi connectivity index (χ3v) is 3.76. The van der Waals surface area contributed by atoms with E-state index in [0.29, 0.717) is 5.56 Å². The number of hydrogen-bond acceptors (Lipinski definition) is 6. The van der Waals surface area contributed by atoms with Crippen LogP contribution in [0.25, 0.3) is 11.4 Å². The van der Waals surface area contributed by atoms with Crippen molar-refractivity contribution in [3.05, 3.63) is 36.2 Å². The lowest BCUT2D eigenvalue weighted by molar-refractivity contribution is -0.143. The van der Waals surface area contributed by atoms with Crippen LogP contribution in [0.4, 0.5) is 8.78 Å². The van der Waals surface area contributed by atoms with E-state index in [1.807, 2.05) is 0 Å². The number of amides is 2. The van der Waals surface area contributed by atoms with E-state index < -0.39 is 42.4 Å². The van der Waals surface area contributed by atoms with Crippen LogP contribution in [0.5, 0.6) is 0 Å². The van der Waals surface area contributed by atoms with E-state index in [1.165, 1.54) is 0 Å². The van der Waals surface area contributed by atoms with Crippen LogP contribution >= 0.6 is 0 Å². The number of aromatic nitrogens is 2. The minimum absolute atomic E-state index is 0.180. The number of rotatable bonds is 9. The SMILES string of the molecule is CC[C@H](NC(=O)CCC(F)(F)C(N)=O)C(=O)c1nc(-c2ccccc2)no1. The highest BCUT2D eigenvalue weighted by atomic mass is 19.3. The maximum Gasteiger partial charge on any atom is 0.324 e. The molecule has 3 N–H and O–H groups in total. The van der Waals surface area contributed by atoms with Crippen molar-refractivity contribution in [3.8, 4) is 11.4 Å². The third-order valence-electron chi connectivity index (χ3n) is 3.76. The van der Waals surface area contributed by atoms with Crippen LogP contribution < -0.4 is 11.1 Å². The smallest absolute Gasteiger partial charge is 0.324 e. The van der Waals surface area contributed by atoms with Crippen LogP contribution in [0, 0.1) is 0 Å². The van der Waals surface area contributed by atoms with E-state index in [2.05, 4.69) is 21.2 Å². The number of hydrogen-bond donors (Lipinski definition) is 2. The highest BCUT2D eigenvalue weighted by molar-refractivity contribution is 5.98. The Balaban J connectivity index is 2.01. The zero-order valence-electron chi connectivity index (χ0n) is 14.4. The molecule has 0 aliphatic heterocycles. The van der Waals surface area contributed by atoms with Gasteiger partial charge in [-0.2, -0.15) is 13.8 Å². The largest absolute Gasteiger partial charge is 0.364 e. The van der Waals surface area contributed by atoms with Crippen molar-refractivity contribution in [2.45, 2.75) is 38.2 Å². The molecule has 0 radical (unpaired) electrons. The molecule has 1 aromatic carbocycles. The summed E-state index contributed by atoms with van der Waals surface area (Å²) in [5, 5.41) is 6.04. The van der Waals surface area contributed by atoms with E-state index in [1.54, 1.807) is 37.3 Å². The standard InChI is InChI=1S/C17H18F2N4O4/c1-2-11(21-12(24)8-9-17(18,19)16(20)26)13(25)15-22-14(23-27-15)10-6-4-3-5-7-10/h3-7,11H,2,8-9H2,1H3,(H2,20,26)(H,21,24)/t11-/m0/s1. The van der Waals surface area contributed by atoms with Gasteiger partial charge in [-0.25, -0.2) is 0 Å². The molecule has 0 fully saturated rings. The molecule has 2 aromatic rings. The van der Waals surface area contributed by atoms with Crippen molar-refractivity contribution >= 4 is 17.6 Å². The lowest BCUT2D eigenvalue weighted by Crippen LogP contribution is -2.42. The van der Waals surface area contributed by atoms with Gasteiger partial charge in [-0.1, -0.05) is 42.4 Å². The molecule has 0 unspecified atom stereocenters. The quantitative estimate of drug-likeness (QED) is 0.638. The van der Waals surface area contributed by atoms with Crippen LogP contribution in [0.2, 0.25) is 0 Å². The van der Waals surface area contributed by atoms with Gasteiger partial charge in [-0.15, -0.1) is 0 Å². The van der Waals surface area contributed by atoms with Gasteiger partial charge in [-0.3, -0.25) is 14.4 Å². The predicted molar refractivity (Wildman–Crippen MR) is 89.7 cm³/mol. The molecular formula is C17H18F2N4O4. The van der Waals surface area contributed by atoms with E-state index in [0.717, 1.165) is 0 Å². The molecule has 0 saturated heterocycles. The lowest BCUT2D eigenvalue weighted by atomic mass is 10.1. The predicted octanol–water partition coefficient (Wildman–Crippen LogP) is 1.71. The summed E-state index contributed by atoms with van der Waals surface area (Å²) >= 11 is 0. The maximum absolute atomic E-state index is 13.2. The Morgan fingerprint density at radius 1 is 1.26 bits per heavy atom. The number of Topliss-reactive ketones (excluding diaryl/α,β-unsaturated/α-hetero) is 1. The molecule has 10 heteroatoms. The van der Waals surface area contributed by atoms with Gasteiger partial charge >= 0.3 is 5.92 Å². The Labute approximate surface area is 153 Å². The summed E-state index contributed by atoms with van der Waals surface area (Å²) in [6, 6.07) is 7.78. The minimum atomic E-state index is -3.79. The van der Waals surface area contributed by atoms with Crippen molar-refractivity contribution in [1.82, 2.24) is 15.5 Å². The van der Waals surface area contributed by atoms with Gasteiger partial charge in [0.25, 0.3) is 11.8 Å². The zero-order valence-corrected chi connectivity index (χ0v) is 14.4. The molecule has 0 aliphatic carbocycles. The number of primary amides is 1. The second-order valence-electron chi connectivity index (χ2n) is 5.75. The minimum Gasteiger partial charge on any atom is -0.364 e. The van der Waals surface area contributed by atoms with E-state index in [-0.39, 0.29) is 18.1 Å². The maximum atomic E-state index is 13.2. The van der Waals surface area contributed by atoms with E-state index in [9.17, 15) is 23.2 Å². The Hall–Kier alpha value is -3.17. The summed E-state index contributed by atoms with van der Waals surface area (Å²) in [6.07, 6.45) is -1.53. The van der Waals surface area contributed by atoms with Gasteiger partial charge in [0.15, 0.2) is 0 Å². The summed E-state index contributed by atoms with van der Waals surface area (Å²) in [6.45, 7) is 1.62. The van der Waals surface area contributed by atoms with Gasteiger partial charge < -0.3 is 15.6 Å². The first kappa shape index (κ1) is 20.1. The lowest BCUT2D eigenvalue weighted by Gasteiger charge is -2.15. The Bertz CT molecular complexity index is 823. The molecule has 1 atom stereocenters. The second-order valence-corrected chi connectivity index (χ2v) is 5.75. The van der Waals surface area contributed by atoms with Crippen LogP contribution in [-0.4, -0.2) is 39.7 Å². The van der Waals surface area contributed by atoms with Gasteiger partial charge in [0.2, 0.25) is 17.5 Å². The van der Waals surface area contributed by atoms with Crippen LogP contribution in [0.3, 0.4) is 0 Å². The fraction of sp³-hybridized carbons (Fsp3) is 0.353. The number of carbonyl (C=O) groups excluding carboxylic acids is 3. The summed E-state index contributed by atoms with van der Waals surface area (Å²) in [5.74, 6) is -7.15. The Morgan fingerprint density at radius 2 is 1.93 bits per heavy atom. The highest BCUT2D eigenvalue weighted by Gasteiger charge is 2.37. The van der Waals surface area contributed by atoms with Crippen molar-refractivity contribution in [2.24, 2.45) is 5.73 Å². The average molecular weight is 380 g/mol. The monoisotopic (exact) mass is 380 g/mol. The molecular weight excluding hydrogens is 362 g/mol. The molecule has 0 spiro atoms. The molecule has 1 heterocycles. The molecule has 8 nitrogen and oxygen atoms in total. The first-order chi connectivity index (χ1) is 12.7. The van der Waals surface area contributed by atoms with E-state index >= 15 is 0 Å². The molecule has 0 bridgehead atoms. The Kier molecular flexibility index (Phi) is 6.32. The first-order valence-corrected chi connectivity index (χ1v) is 8.15. The highest BCUT2D eigenvalue weighted by Crippen LogP contribution is 2.20. The summed E-state index contributed by atoms with van der Waals surface area (Å²) in [7, 11) is 0. The van der Waals surface area contributed by atoms with Gasteiger partial charge in [0, 0.05) is 18.4 Å². The normalized spacial score (nSPS) is 12.4. The van der Waals surface area contributed by atoms with Crippen LogP contribution in [0.1, 0.15) is 36.9 Å². The summed E-state index contributed by atoms with van der Waals surface area (Å²) < 4.78 is 31.3. The van der Waals surface area contributed by atoms with Crippen LogP contribution in [0.15, 0.2) is 34.9 Å². The van der Waals surface area contributed by atoms with Crippen molar-refractivity contribution < 1.29 is 27.7 Å². The second kappa shape index (κ2) is 8.47. The molecule has 2 rings (SSSR count). The summed E-state index contributed by atoms with van der Waals surface area (Å²) in [5.41, 5.74) is 5.20. The number of nitrogens with one attached hydrogen (secondary N) is 1. The fourth-order valence-corrected chi connectivity index (χ4v) is 2.19. The van der Waals surface area contributed by atoms with Gasteiger partial charge in [0.1, 0.15) is 0 Å². The van der Waals surface area contributed by atoms with E-state index in [4.69, 9.17) is 4.52 Å². The van der Waals surface area contributed by atoms with Crippen LogP contribution in [-0.2, 0) is 9.59 Å². The number of nitrogens with zero attached hydrogens (tertiary/aromatic N) is 2. The van der Waals surface area contributed by atoms with Crippen molar-refractivity contribution in [1.29, 1.82) is 0 Å². The molecule has 144 valence electrons. The number of halogens is 2. The fourth-order valence-electron chi connectivity index (χ4n) is 2.19. The molecule has 0 aliphatic rings. The number of alkyl halides is 2. The molecule has 0 saturated carbocycles. The van der Waals surface area contributed by atoms with Gasteiger partial charge in [0.05, 0.1) is 6.04 Å². The zero-order chi connectivity index (χ0) is 20.0. The molecule has 2 amide bonds.